The Balaban J connectivity index is 2.28. The van der Waals surface area contributed by atoms with Crippen molar-refractivity contribution in [3.63, 3.8) is 0 Å². The molecule has 12 heavy (non-hydrogen) atoms. The Morgan fingerprint density at radius 2 is 2.50 bits per heavy atom. The first-order valence-electron chi connectivity index (χ1n) is 3.51. The number of hydrogen-bond donors (Lipinski definition) is 0. The molecule has 1 aliphatic rings. The minimum Gasteiger partial charge on any atom is -0.273 e. The molecule has 62 valence electrons. The molecule has 0 aliphatic carbocycles. The van der Waals surface area contributed by atoms with E-state index in [0.717, 1.165) is 10.7 Å². The minimum absolute atomic E-state index is 0.0280. The van der Waals surface area contributed by atoms with E-state index >= 15 is 0 Å². The Bertz CT molecular complexity index is 330. The lowest BCUT2D eigenvalue weighted by Crippen LogP contribution is -2.14. The van der Waals surface area contributed by atoms with E-state index in [-0.39, 0.29) is 5.91 Å². The van der Waals surface area contributed by atoms with Crippen molar-refractivity contribution in [1.29, 1.82) is 0 Å². The Morgan fingerprint density at radius 1 is 1.67 bits per heavy atom. The number of amides is 1. The van der Waals surface area contributed by atoms with Crippen molar-refractivity contribution in [3.8, 4) is 0 Å². The lowest BCUT2D eigenvalue weighted by molar-refractivity contribution is -0.127. The summed E-state index contributed by atoms with van der Waals surface area (Å²) in [4.78, 5) is 15.1. The van der Waals surface area contributed by atoms with Gasteiger partial charge in [-0.25, -0.2) is 9.99 Å². The normalized spacial score (nSPS) is 16.9. The predicted octanol–water partition coefficient (Wildman–Crippen LogP) is 0.709. The van der Waals surface area contributed by atoms with Gasteiger partial charge >= 0.3 is 0 Å². The van der Waals surface area contributed by atoms with Crippen molar-refractivity contribution in [2.24, 2.45) is 5.10 Å². The van der Waals surface area contributed by atoms with Crippen LogP contribution in [0.4, 0.5) is 0 Å². The molecular weight excluding hydrogens is 174 g/mol. The Hall–Kier alpha value is -1.23. The van der Waals surface area contributed by atoms with Gasteiger partial charge in [-0.15, -0.1) is 11.3 Å². The van der Waals surface area contributed by atoms with Crippen molar-refractivity contribution in [2.45, 2.75) is 6.42 Å². The lowest BCUT2D eigenvalue weighted by atomic mass is 10.3. The van der Waals surface area contributed by atoms with E-state index in [1.807, 2.05) is 5.38 Å². The van der Waals surface area contributed by atoms with Crippen molar-refractivity contribution >= 4 is 23.0 Å². The Morgan fingerprint density at radius 3 is 3.00 bits per heavy atom. The molecule has 0 unspecified atom stereocenters. The molecule has 0 bridgehead atoms. The summed E-state index contributed by atoms with van der Waals surface area (Å²) in [6.07, 6.45) is 2.09. The van der Waals surface area contributed by atoms with Gasteiger partial charge in [-0.2, -0.15) is 5.10 Å². The molecule has 2 rings (SSSR count). The van der Waals surface area contributed by atoms with Crippen LogP contribution in [0.25, 0.3) is 0 Å². The molecule has 0 saturated heterocycles. The molecule has 1 aliphatic heterocycles. The fraction of sp³-hybridized carbons (Fsp3) is 0.286. The molecule has 0 atom stereocenters. The van der Waals surface area contributed by atoms with Gasteiger partial charge in [0.1, 0.15) is 10.7 Å². The summed E-state index contributed by atoms with van der Waals surface area (Å²) in [6.45, 7) is 0. The largest absolute Gasteiger partial charge is 0.273 e. The standard InChI is InChI=1S/C7H7N3OS/c1-10-6(11)4-5(9-10)7-8-2-3-12-7/h2-3H,4H2,1H3. The van der Waals surface area contributed by atoms with Crippen LogP contribution in [0.1, 0.15) is 11.4 Å². The van der Waals surface area contributed by atoms with Crippen LogP contribution in [0.15, 0.2) is 16.7 Å². The van der Waals surface area contributed by atoms with Gasteiger partial charge in [-0.3, -0.25) is 4.79 Å². The number of rotatable bonds is 1. The maximum Gasteiger partial charge on any atom is 0.248 e. The fourth-order valence-electron chi connectivity index (χ4n) is 1.01. The highest BCUT2D eigenvalue weighted by Crippen LogP contribution is 2.14. The van der Waals surface area contributed by atoms with Gasteiger partial charge in [0.15, 0.2) is 0 Å². The maximum absolute atomic E-state index is 11.1. The average molecular weight is 181 g/mol. The predicted molar refractivity (Wildman–Crippen MR) is 46.0 cm³/mol. The van der Waals surface area contributed by atoms with E-state index in [1.165, 1.54) is 16.3 Å². The van der Waals surface area contributed by atoms with E-state index in [4.69, 9.17) is 0 Å². The van der Waals surface area contributed by atoms with Crippen molar-refractivity contribution in [1.82, 2.24) is 9.99 Å². The van der Waals surface area contributed by atoms with E-state index < -0.39 is 0 Å². The number of carbonyl (C=O) groups is 1. The van der Waals surface area contributed by atoms with Crippen LogP contribution in [0.3, 0.4) is 0 Å². The van der Waals surface area contributed by atoms with Crippen LogP contribution in [0.5, 0.6) is 0 Å². The summed E-state index contributed by atoms with van der Waals surface area (Å²) < 4.78 is 0. The van der Waals surface area contributed by atoms with Crippen molar-refractivity contribution in [3.05, 3.63) is 16.6 Å². The summed E-state index contributed by atoms with van der Waals surface area (Å²) in [5.41, 5.74) is 0.775. The van der Waals surface area contributed by atoms with Crippen LogP contribution >= 0.6 is 11.3 Å². The molecule has 2 heterocycles. The molecule has 0 spiro atoms. The Labute approximate surface area is 73.5 Å². The first kappa shape index (κ1) is 7.42. The van der Waals surface area contributed by atoms with E-state index in [0.29, 0.717) is 6.42 Å². The monoisotopic (exact) mass is 181 g/mol. The molecule has 1 aromatic rings. The molecule has 0 fully saturated rings. The van der Waals surface area contributed by atoms with Gasteiger partial charge in [0.25, 0.3) is 0 Å². The second kappa shape index (κ2) is 2.67. The molecule has 0 aromatic carbocycles. The summed E-state index contributed by atoms with van der Waals surface area (Å²) in [6, 6.07) is 0. The second-order valence-electron chi connectivity index (χ2n) is 2.48. The summed E-state index contributed by atoms with van der Waals surface area (Å²) in [5, 5.41) is 8.13. The third kappa shape index (κ3) is 1.12. The molecule has 5 heteroatoms. The zero-order valence-electron chi connectivity index (χ0n) is 6.52. The highest BCUT2D eigenvalue weighted by Gasteiger charge is 2.22. The van der Waals surface area contributed by atoms with E-state index in [9.17, 15) is 4.79 Å². The van der Waals surface area contributed by atoms with E-state index in [1.54, 1.807) is 13.2 Å². The van der Waals surface area contributed by atoms with Crippen LogP contribution < -0.4 is 0 Å². The summed E-state index contributed by atoms with van der Waals surface area (Å²) >= 11 is 1.50. The molecule has 0 N–H and O–H groups in total. The van der Waals surface area contributed by atoms with Crippen LogP contribution in [-0.2, 0) is 4.79 Å². The molecule has 0 saturated carbocycles. The van der Waals surface area contributed by atoms with Crippen molar-refractivity contribution < 1.29 is 4.79 Å². The van der Waals surface area contributed by atoms with Gasteiger partial charge in [0, 0.05) is 18.6 Å². The number of nitrogens with zero attached hydrogens (tertiary/aromatic N) is 3. The van der Waals surface area contributed by atoms with Crippen LogP contribution in [0.2, 0.25) is 0 Å². The number of thiazole rings is 1. The Kier molecular flexibility index (Phi) is 1.65. The second-order valence-corrected chi connectivity index (χ2v) is 3.37. The van der Waals surface area contributed by atoms with Gasteiger partial charge in [0.05, 0.1) is 6.42 Å². The molecular formula is C7H7N3OS. The van der Waals surface area contributed by atoms with Gasteiger partial charge in [-0.05, 0) is 0 Å². The van der Waals surface area contributed by atoms with E-state index in [2.05, 4.69) is 10.1 Å². The SMILES string of the molecule is CN1N=C(c2nccs2)CC1=O. The van der Waals surface area contributed by atoms with Crippen LogP contribution in [-0.4, -0.2) is 28.7 Å². The number of carbonyl (C=O) groups excluding carboxylic acids is 1. The summed E-state index contributed by atoms with van der Waals surface area (Å²) in [5.74, 6) is 0.0280. The first-order valence-corrected chi connectivity index (χ1v) is 4.39. The topological polar surface area (TPSA) is 45.6 Å². The zero-order valence-corrected chi connectivity index (χ0v) is 7.34. The molecule has 0 radical (unpaired) electrons. The number of hydrogen-bond acceptors (Lipinski definition) is 4. The molecule has 4 nitrogen and oxygen atoms in total. The first-order chi connectivity index (χ1) is 5.77. The highest BCUT2D eigenvalue weighted by atomic mass is 32.1. The van der Waals surface area contributed by atoms with Crippen LogP contribution in [0, 0.1) is 0 Å². The quantitative estimate of drug-likeness (QED) is 0.640. The van der Waals surface area contributed by atoms with Gasteiger partial charge in [0.2, 0.25) is 5.91 Å². The molecule has 1 aromatic heterocycles. The fourth-order valence-corrected chi connectivity index (χ4v) is 1.64. The third-order valence-electron chi connectivity index (χ3n) is 1.63. The third-order valence-corrected chi connectivity index (χ3v) is 2.45. The van der Waals surface area contributed by atoms with Gasteiger partial charge < -0.3 is 0 Å². The highest BCUT2D eigenvalue weighted by molar-refractivity contribution is 7.11. The van der Waals surface area contributed by atoms with Gasteiger partial charge in [-0.1, -0.05) is 0 Å². The zero-order chi connectivity index (χ0) is 8.55. The number of hydrazone groups is 1. The van der Waals surface area contributed by atoms with Crippen molar-refractivity contribution in [2.75, 3.05) is 7.05 Å². The average Bonchev–Trinajstić information content (AvgIpc) is 2.61. The summed E-state index contributed by atoms with van der Waals surface area (Å²) in [7, 11) is 1.66. The number of aromatic nitrogens is 1. The minimum atomic E-state index is 0.0280. The maximum atomic E-state index is 11.1. The lowest BCUT2D eigenvalue weighted by Gasteiger charge is -1.98. The smallest absolute Gasteiger partial charge is 0.248 e. The molecule has 1 amide bonds.